The van der Waals surface area contributed by atoms with Crippen molar-refractivity contribution in [3.8, 4) is 0 Å². The van der Waals surface area contributed by atoms with Gasteiger partial charge in [-0.15, -0.1) is 0 Å². The van der Waals surface area contributed by atoms with E-state index in [1.807, 2.05) is 13.8 Å². The number of hydrogen-bond donors (Lipinski definition) is 2. The van der Waals surface area contributed by atoms with Crippen LogP contribution >= 0.6 is 0 Å². The molecule has 1 amide bonds. The van der Waals surface area contributed by atoms with Crippen LogP contribution in [0.3, 0.4) is 0 Å². The molecule has 0 aromatic heterocycles. The quantitative estimate of drug-likeness (QED) is 0.846. The Bertz CT molecular complexity index is 416. The standard InChI is InChI=1S/C13H19FN2O/c1-9-6-10(4-5-11(9)14)16-12(17)7-13(2,3)8-15/h4-6H,7-8,15H2,1-3H3,(H,16,17). The molecule has 0 aliphatic heterocycles. The maximum Gasteiger partial charge on any atom is 0.224 e. The summed E-state index contributed by atoms with van der Waals surface area (Å²) in [6, 6.07) is 4.51. The summed E-state index contributed by atoms with van der Waals surface area (Å²) >= 11 is 0. The lowest BCUT2D eigenvalue weighted by Gasteiger charge is -2.21. The lowest BCUT2D eigenvalue weighted by molar-refractivity contribution is -0.117. The van der Waals surface area contributed by atoms with E-state index in [4.69, 9.17) is 5.73 Å². The summed E-state index contributed by atoms with van der Waals surface area (Å²) < 4.78 is 13.0. The van der Waals surface area contributed by atoms with Gasteiger partial charge < -0.3 is 11.1 Å². The molecule has 0 saturated heterocycles. The highest BCUT2D eigenvalue weighted by atomic mass is 19.1. The summed E-state index contributed by atoms with van der Waals surface area (Å²) in [6.45, 7) is 5.97. The number of benzene rings is 1. The van der Waals surface area contributed by atoms with Gasteiger partial charge in [0.25, 0.3) is 0 Å². The van der Waals surface area contributed by atoms with Crippen molar-refractivity contribution in [1.82, 2.24) is 0 Å². The molecule has 0 aliphatic carbocycles. The maximum atomic E-state index is 13.0. The minimum atomic E-state index is -0.273. The van der Waals surface area contributed by atoms with Crippen molar-refractivity contribution in [1.29, 1.82) is 0 Å². The van der Waals surface area contributed by atoms with E-state index in [1.165, 1.54) is 6.07 Å². The van der Waals surface area contributed by atoms with Gasteiger partial charge in [0.1, 0.15) is 5.82 Å². The van der Waals surface area contributed by atoms with Gasteiger partial charge >= 0.3 is 0 Å². The van der Waals surface area contributed by atoms with Crippen LogP contribution in [0.5, 0.6) is 0 Å². The number of hydrogen-bond acceptors (Lipinski definition) is 2. The van der Waals surface area contributed by atoms with Crippen LogP contribution in [0.15, 0.2) is 18.2 Å². The normalized spacial score (nSPS) is 11.4. The molecule has 4 heteroatoms. The zero-order valence-corrected chi connectivity index (χ0v) is 10.5. The fourth-order valence-corrected chi connectivity index (χ4v) is 1.43. The Hall–Kier alpha value is -1.42. The van der Waals surface area contributed by atoms with Gasteiger partial charge in [0.2, 0.25) is 5.91 Å². The first-order valence-corrected chi connectivity index (χ1v) is 5.60. The summed E-state index contributed by atoms with van der Waals surface area (Å²) in [6.07, 6.45) is 0.347. The van der Waals surface area contributed by atoms with Crippen LogP contribution < -0.4 is 11.1 Å². The number of nitrogens with one attached hydrogen (secondary N) is 1. The predicted octanol–water partition coefficient (Wildman–Crippen LogP) is 2.45. The van der Waals surface area contributed by atoms with E-state index < -0.39 is 0 Å². The second-order valence-electron chi connectivity index (χ2n) is 5.06. The van der Waals surface area contributed by atoms with Crippen molar-refractivity contribution in [2.24, 2.45) is 11.1 Å². The van der Waals surface area contributed by atoms with E-state index in [0.29, 0.717) is 24.2 Å². The number of carbonyl (C=O) groups is 1. The van der Waals surface area contributed by atoms with E-state index in [9.17, 15) is 9.18 Å². The number of carbonyl (C=O) groups excluding carboxylic acids is 1. The van der Waals surface area contributed by atoms with Crippen LogP contribution in [0.1, 0.15) is 25.8 Å². The molecule has 0 unspecified atom stereocenters. The SMILES string of the molecule is Cc1cc(NC(=O)CC(C)(C)CN)ccc1F. The van der Waals surface area contributed by atoms with Crippen molar-refractivity contribution < 1.29 is 9.18 Å². The zero-order valence-electron chi connectivity index (χ0n) is 10.5. The molecule has 0 saturated carbocycles. The van der Waals surface area contributed by atoms with Crippen LogP contribution in [-0.2, 0) is 4.79 Å². The van der Waals surface area contributed by atoms with Gasteiger partial charge in [0.15, 0.2) is 0 Å². The molecule has 3 nitrogen and oxygen atoms in total. The van der Waals surface area contributed by atoms with Gasteiger partial charge in [-0.05, 0) is 42.6 Å². The summed E-state index contributed by atoms with van der Waals surface area (Å²) in [5, 5.41) is 2.74. The van der Waals surface area contributed by atoms with E-state index in [-0.39, 0.29) is 17.1 Å². The van der Waals surface area contributed by atoms with E-state index in [2.05, 4.69) is 5.32 Å². The summed E-state index contributed by atoms with van der Waals surface area (Å²) in [7, 11) is 0. The minimum absolute atomic E-state index is 0.105. The summed E-state index contributed by atoms with van der Waals surface area (Å²) in [4.78, 5) is 11.7. The molecular weight excluding hydrogens is 219 g/mol. The average molecular weight is 238 g/mol. The monoisotopic (exact) mass is 238 g/mol. The number of halogens is 1. The third kappa shape index (κ3) is 4.15. The molecule has 1 rings (SSSR count). The topological polar surface area (TPSA) is 55.1 Å². The van der Waals surface area contributed by atoms with Crippen LogP contribution in [-0.4, -0.2) is 12.5 Å². The van der Waals surface area contributed by atoms with Crippen LogP contribution in [0.25, 0.3) is 0 Å². The number of anilines is 1. The third-order valence-corrected chi connectivity index (χ3v) is 2.63. The minimum Gasteiger partial charge on any atom is -0.330 e. The fourth-order valence-electron chi connectivity index (χ4n) is 1.43. The highest BCUT2D eigenvalue weighted by Gasteiger charge is 2.20. The molecule has 3 N–H and O–H groups in total. The second-order valence-corrected chi connectivity index (χ2v) is 5.06. The molecular formula is C13H19FN2O. The number of aryl methyl sites for hydroxylation is 1. The predicted molar refractivity (Wildman–Crippen MR) is 67.2 cm³/mol. The number of nitrogens with two attached hydrogens (primary N) is 1. The molecule has 0 radical (unpaired) electrons. The lowest BCUT2D eigenvalue weighted by Crippen LogP contribution is -2.29. The number of rotatable bonds is 4. The summed E-state index contributed by atoms with van der Waals surface area (Å²) in [5.41, 5.74) is 6.47. The first-order chi connectivity index (χ1) is 7.84. The molecule has 94 valence electrons. The second kappa shape index (κ2) is 5.27. The van der Waals surface area contributed by atoms with Crippen molar-refractivity contribution in [2.45, 2.75) is 27.2 Å². The smallest absolute Gasteiger partial charge is 0.224 e. The first kappa shape index (κ1) is 13.6. The Morgan fingerprint density at radius 1 is 1.47 bits per heavy atom. The van der Waals surface area contributed by atoms with E-state index >= 15 is 0 Å². The van der Waals surface area contributed by atoms with Crippen molar-refractivity contribution in [3.63, 3.8) is 0 Å². The van der Waals surface area contributed by atoms with Crippen molar-refractivity contribution in [2.75, 3.05) is 11.9 Å². The molecule has 0 aliphatic rings. The third-order valence-electron chi connectivity index (χ3n) is 2.63. The first-order valence-electron chi connectivity index (χ1n) is 5.60. The van der Waals surface area contributed by atoms with Crippen LogP contribution in [0.2, 0.25) is 0 Å². The lowest BCUT2D eigenvalue weighted by atomic mass is 9.89. The molecule has 1 aromatic carbocycles. The zero-order chi connectivity index (χ0) is 13.1. The molecule has 0 atom stereocenters. The van der Waals surface area contributed by atoms with Crippen LogP contribution in [0, 0.1) is 18.2 Å². The van der Waals surface area contributed by atoms with Crippen molar-refractivity contribution >= 4 is 11.6 Å². The van der Waals surface area contributed by atoms with Gasteiger partial charge in [-0.25, -0.2) is 4.39 Å². The Balaban J connectivity index is 2.65. The Morgan fingerprint density at radius 3 is 2.65 bits per heavy atom. The van der Waals surface area contributed by atoms with Crippen LogP contribution in [0.4, 0.5) is 10.1 Å². The Kier molecular flexibility index (Phi) is 4.23. The molecule has 0 bridgehead atoms. The van der Waals surface area contributed by atoms with Gasteiger partial charge in [-0.3, -0.25) is 4.79 Å². The fraction of sp³-hybridized carbons (Fsp3) is 0.462. The highest BCUT2D eigenvalue weighted by Crippen LogP contribution is 2.20. The van der Waals surface area contributed by atoms with E-state index in [1.54, 1.807) is 19.1 Å². The van der Waals surface area contributed by atoms with Gasteiger partial charge in [-0.2, -0.15) is 0 Å². The summed E-state index contributed by atoms with van der Waals surface area (Å²) in [5.74, 6) is -0.378. The molecule has 1 aromatic rings. The van der Waals surface area contributed by atoms with Gasteiger partial charge in [-0.1, -0.05) is 13.8 Å². The molecule has 17 heavy (non-hydrogen) atoms. The Labute approximate surface area is 101 Å². The molecule has 0 heterocycles. The maximum absolute atomic E-state index is 13.0. The average Bonchev–Trinajstić information content (AvgIpc) is 2.23. The highest BCUT2D eigenvalue weighted by molar-refractivity contribution is 5.91. The molecule has 0 spiro atoms. The van der Waals surface area contributed by atoms with Gasteiger partial charge in [0, 0.05) is 12.1 Å². The van der Waals surface area contributed by atoms with E-state index in [0.717, 1.165) is 0 Å². The van der Waals surface area contributed by atoms with Gasteiger partial charge in [0.05, 0.1) is 0 Å². The van der Waals surface area contributed by atoms with Crippen molar-refractivity contribution in [3.05, 3.63) is 29.6 Å². The Morgan fingerprint density at radius 2 is 2.12 bits per heavy atom. The molecule has 0 fully saturated rings. The largest absolute Gasteiger partial charge is 0.330 e. The number of amides is 1.